The van der Waals surface area contributed by atoms with Crippen molar-refractivity contribution in [3.8, 4) is 11.3 Å². The number of ether oxygens (including phenoxy) is 2. The van der Waals surface area contributed by atoms with Gasteiger partial charge in [0.25, 0.3) is 0 Å². The van der Waals surface area contributed by atoms with Crippen molar-refractivity contribution in [1.82, 2.24) is 15.3 Å². The van der Waals surface area contributed by atoms with E-state index in [9.17, 15) is 9.59 Å². The van der Waals surface area contributed by atoms with E-state index >= 15 is 0 Å². The first-order chi connectivity index (χ1) is 15.9. The van der Waals surface area contributed by atoms with Crippen LogP contribution in [-0.2, 0) is 19.1 Å². The summed E-state index contributed by atoms with van der Waals surface area (Å²) >= 11 is 0. The second-order valence-electron chi connectivity index (χ2n) is 8.47. The first kappa shape index (κ1) is 22.9. The number of fused-ring (bicyclic) bond motifs is 1. The number of carboxylic acid groups (broad SMARTS) is 1. The van der Waals surface area contributed by atoms with E-state index in [1.165, 1.54) is 0 Å². The van der Waals surface area contributed by atoms with Gasteiger partial charge in [-0.3, -0.25) is 9.59 Å². The first-order valence-corrected chi connectivity index (χ1v) is 11.0. The van der Waals surface area contributed by atoms with E-state index in [-0.39, 0.29) is 43.0 Å². The molecule has 2 aromatic rings. The van der Waals surface area contributed by atoms with Crippen molar-refractivity contribution in [3.63, 3.8) is 0 Å². The molecule has 10 heteroatoms. The van der Waals surface area contributed by atoms with Crippen LogP contribution < -0.4 is 15.5 Å². The van der Waals surface area contributed by atoms with Gasteiger partial charge in [-0.1, -0.05) is 12.1 Å². The normalized spacial score (nSPS) is 23.7. The maximum Gasteiger partial charge on any atom is 0.303 e. The minimum Gasteiger partial charge on any atom is -0.481 e. The van der Waals surface area contributed by atoms with Gasteiger partial charge in [-0.15, -0.1) is 0 Å². The van der Waals surface area contributed by atoms with Crippen LogP contribution in [-0.4, -0.2) is 78.6 Å². The van der Waals surface area contributed by atoms with Crippen molar-refractivity contribution in [2.75, 3.05) is 37.5 Å². The van der Waals surface area contributed by atoms with Crippen molar-refractivity contribution in [3.05, 3.63) is 36.5 Å². The number of carbonyl (C=O) groups is 2. The van der Waals surface area contributed by atoms with Gasteiger partial charge in [0.1, 0.15) is 12.2 Å². The third-order valence-electron chi connectivity index (χ3n) is 5.84. The zero-order valence-electron chi connectivity index (χ0n) is 18.7. The van der Waals surface area contributed by atoms with Crippen LogP contribution in [0, 0.1) is 0 Å². The Morgan fingerprint density at radius 1 is 1.06 bits per heavy atom. The molecule has 0 unspecified atom stereocenters. The summed E-state index contributed by atoms with van der Waals surface area (Å²) in [7, 11) is 4.00. The number of aromatic nitrogens is 2. The lowest BCUT2D eigenvalue weighted by Gasteiger charge is -2.18. The van der Waals surface area contributed by atoms with E-state index in [1.807, 2.05) is 49.3 Å². The molecular weight excluding hydrogens is 426 g/mol. The molecule has 3 heterocycles. The van der Waals surface area contributed by atoms with Crippen LogP contribution in [0.1, 0.15) is 19.3 Å². The molecule has 0 spiro atoms. The summed E-state index contributed by atoms with van der Waals surface area (Å²) in [4.78, 5) is 33.8. The van der Waals surface area contributed by atoms with Crippen LogP contribution in [0.2, 0.25) is 0 Å². The van der Waals surface area contributed by atoms with Crippen LogP contribution in [0.15, 0.2) is 36.5 Å². The summed E-state index contributed by atoms with van der Waals surface area (Å²) in [5, 5.41) is 14.9. The second kappa shape index (κ2) is 10.1. The van der Waals surface area contributed by atoms with Gasteiger partial charge in [-0.2, -0.15) is 0 Å². The third-order valence-corrected chi connectivity index (χ3v) is 5.84. The van der Waals surface area contributed by atoms with Gasteiger partial charge in [0.15, 0.2) is 0 Å². The molecule has 0 aliphatic carbocycles. The molecule has 0 saturated carbocycles. The zero-order chi connectivity index (χ0) is 23.4. The number of carbonyl (C=O) groups excluding carboxylic acids is 1. The Bertz CT molecular complexity index is 983. The summed E-state index contributed by atoms with van der Waals surface area (Å²) < 4.78 is 11.8. The number of anilines is 2. The molecule has 1 aromatic heterocycles. The standard InChI is InChI=1S/C23H29N5O5/c1-28(2)15-8-6-14(7-9-15)16-10-11-24-23(26-16)27-18-13-33-21-17(12-32-22(18)21)25-19(29)4-3-5-20(30)31/h6-11,17-18,21-22H,3-5,12-13H2,1-2H3,(H,25,29)(H,30,31)(H,24,26,27)/t17-,18-,21+,22+/m0/s1. The van der Waals surface area contributed by atoms with Crippen molar-refractivity contribution in [1.29, 1.82) is 0 Å². The van der Waals surface area contributed by atoms with Crippen molar-refractivity contribution < 1.29 is 24.2 Å². The quantitative estimate of drug-likeness (QED) is 0.516. The van der Waals surface area contributed by atoms with Crippen LogP contribution in [0.5, 0.6) is 0 Å². The maximum absolute atomic E-state index is 12.1. The molecule has 10 nitrogen and oxygen atoms in total. The second-order valence-corrected chi connectivity index (χ2v) is 8.47. The zero-order valence-corrected chi connectivity index (χ0v) is 18.7. The highest BCUT2D eigenvalue weighted by atomic mass is 16.6. The van der Waals surface area contributed by atoms with Gasteiger partial charge in [0.05, 0.1) is 31.0 Å². The molecule has 2 fully saturated rings. The lowest BCUT2D eigenvalue weighted by Crippen LogP contribution is -2.44. The fourth-order valence-corrected chi connectivity index (χ4v) is 4.11. The molecule has 4 rings (SSSR count). The molecule has 0 bridgehead atoms. The van der Waals surface area contributed by atoms with Gasteiger partial charge in [-0.25, -0.2) is 9.97 Å². The van der Waals surface area contributed by atoms with Crippen LogP contribution in [0.4, 0.5) is 11.6 Å². The minimum absolute atomic E-state index is 0.0258. The van der Waals surface area contributed by atoms with Gasteiger partial charge in [-0.05, 0) is 24.6 Å². The molecule has 176 valence electrons. The van der Waals surface area contributed by atoms with Crippen LogP contribution in [0.3, 0.4) is 0 Å². The Morgan fingerprint density at radius 2 is 1.76 bits per heavy atom. The summed E-state index contributed by atoms with van der Waals surface area (Å²) in [5.41, 5.74) is 2.92. The third kappa shape index (κ3) is 5.58. The van der Waals surface area contributed by atoms with E-state index in [0.29, 0.717) is 25.6 Å². The van der Waals surface area contributed by atoms with E-state index in [4.69, 9.17) is 14.6 Å². The van der Waals surface area contributed by atoms with E-state index in [1.54, 1.807) is 6.20 Å². The molecule has 2 saturated heterocycles. The topological polar surface area (TPSA) is 126 Å². The van der Waals surface area contributed by atoms with Gasteiger partial charge >= 0.3 is 5.97 Å². The number of hydrogen-bond donors (Lipinski definition) is 3. The largest absolute Gasteiger partial charge is 0.481 e. The summed E-state index contributed by atoms with van der Waals surface area (Å²) in [6.07, 6.45) is 1.65. The number of nitrogens with one attached hydrogen (secondary N) is 2. The Morgan fingerprint density at radius 3 is 2.45 bits per heavy atom. The van der Waals surface area contributed by atoms with Gasteiger partial charge in [0.2, 0.25) is 11.9 Å². The molecule has 33 heavy (non-hydrogen) atoms. The van der Waals surface area contributed by atoms with Crippen LogP contribution >= 0.6 is 0 Å². The number of rotatable bonds is 9. The van der Waals surface area contributed by atoms with Gasteiger partial charge in [0, 0.05) is 44.4 Å². The number of hydrogen-bond acceptors (Lipinski definition) is 8. The summed E-state index contributed by atoms with van der Waals surface area (Å²) in [6.45, 7) is 0.753. The Hall–Kier alpha value is -3.24. The number of aliphatic carboxylic acids is 1. The Labute approximate surface area is 192 Å². The average molecular weight is 456 g/mol. The highest BCUT2D eigenvalue weighted by Gasteiger charge is 2.48. The predicted octanol–water partition coefficient (Wildman–Crippen LogP) is 1.53. The SMILES string of the molecule is CN(C)c1ccc(-c2ccnc(N[C@H]3CO[C@H]4[C@@H]3OC[C@@H]4NC(=O)CCCC(=O)O)n2)cc1. The Kier molecular flexibility index (Phi) is 7.05. The molecule has 2 aliphatic rings. The minimum atomic E-state index is -0.906. The molecule has 1 amide bonds. The van der Waals surface area contributed by atoms with E-state index in [2.05, 4.69) is 20.6 Å². The number of benzene rings is 1. The van der Waals surface area contributed by atoms with Crippen molar-refractivity contribution in [2.24, 2.45) is 0 Å². The highest BCUT2D eigenvalue weighted by Crippen LogP contribution is 2.29. The molecule has 0 radical (unpaired) electrons. The first-order valence-electron chi connectivity index (χ1n) is 11.0. The van der Waals surface area contributed by atoms with Gasteiger partial charge < -0.3 is 30.1 Å². The monoisotopic (exact) mass is 455 g/mol. The van der Waals surface area contributed by atoms with Crippen molar-refractivity contribution in [2.45, 2.75) is 43.6 Å². The molecular formula is C23H29N5O5. The lowest BCUT2D eigenvalue weighted by atomic mass is 10.1. The van der Waals surface area contributed by atoms with E-state index < -0.39 is 5.97 Å². The fourth-order valence-electron chi connectivity index (χ4n) is 4.11. The van der Waals surface area contributed by atoms with E-state index in [0.717, 1.165) is 16.9 Å². The van der Waals surface area contributed by atoms with Crippen LogP contribution in [0.25, 0.3) is 11.3 Å². The maximum atomic E-state index is 12.1. The predicted molar refractivity (Wildman–Crippen MR) is 122 cm³/mol. The average Bonchev–Trinajstić information content (AvgIpc) is 3.37. The number of amides is 1. The number of nitrogens with zero attached hydrogens (tertiary/aromatic N) is 3. The molecule has 3 N–H and O–H groups in total. The summed E-state index contributed by atoms with van der Waals surface area (Å²) in [6, 6.07) is 9.60. The molecule has 4 atom stereocenters. The fraction of sp³-hybridized carbons (Fsp3) is 0.478. The smallest absolute Gasteiger partial charge is 0.303 e. The molecule has 1 aromatic carbocycles. The number of carboxylic acids is 1. The van der Waals surface area contributed by atoms with Crippen molar-refractivity contribution >= 4 is 23.5 Å². The highest BCUT2D eigenvalue weighted by molar-refractivity contribution is 5.77. The summed E-state index contributed by atoms with van der Waals surface area (Å²) in [5.74, 6) is -0.609. The Balaban J connectivity index is 1.34. The molecule has 2 aliphatic heterocycles. The lowest BCUT2D eigenvalue weighted by molar-refractivity contribution is -0.137.